The summed E-state index contributed by atoms with van der Waals surface area (Å²) in [6.45, 7) is 3.38. The number of Topliss-reactive ketones (excluding diaryl/α,β-unsaturated/α-hetero) is 1. The van der Waals surface area contributed by atoms with E-state index in [0.717, 1.165) is 11.1 Å². The zero-order chi connectivity index (χ0) is 20.4. The van der Waals surface area contributed by atoms with Gasteiger partial charge in [-0.2, -0.15) is 0 Å². The van der Waals surface area contributed by atoms with Crippen molar-refractivity contribution in [2.24, 2.45) is 0 Å². The number of benzene rings is 2. The van der Waals surface area contributed by atoms with Gasteiger partial charge in [0.1, 0.15) is 0 Å². The van der Waals surface area contributed by atoms with Gasteiger partial charge in [0.05, 0.1) is 4.90 Å². The molecule has 1 saturated carbocycles. The normalized spacial score (nSPS) is 15.9. The van der Waals surface area contributed by atoms with Gasteiger partial charge in [-0.05, 0) is 56.0 Å². The summed E-state index contributed by atoms with van der Waals surface area (Å²) in [6.07, 6.45) is 1.68. The van der Waals surface area contributed by atoms with Crippen LogP contribution in [0.3, 0.4) is 0 Å². The van der Waals surface area contributed by atoms with E-state index in [4.69, 9.17) is 4.74 Å². The Kier molecular flexibility index (Phi) is 5.70. The number of aryl methyl sites for hydroxylation is 2. The average Bonchev–Trinajstić information content (AvgIpc) is 3.20. The molecule has 1 fully saturated rings. The van der Waals surface area contributed by atoms with Gasteiger partial charge in [-0.1, -0.05) is 43.2 Å². The number of esters is 1. The highest BCUT2D eigenvalue weighted by atomic mass is 32.2. The molecule has 28 heavy (non-hydrogen) atoms. The molecule has 0 amide bonds. The molecule has 0 N–H and O–H groups in total. The largest absolute Gasteiger partial charge is 0.456 e. The number of rotatable bonds is 6. The number of sulfone groups is 1. The molecule has 1 aliphatic rings. The zero-order valence-corrected chi connectivity index (χ0v) is 16.9. The van der Waals surface area contributed by atoms with Gasteiger partial charge >= 0.3 is 5.97 Å². The summed E-state index contributed by atoms with van der Waals surface area (Å²) in [5.41, 5.74) is 2.48. The molecule has 0 radical (unpaired) electrons. The first kappa shape index (κ1) is 20.3. The van der Waals surface area contributed by atoms with Crippen LogP contribution >= 0.6 is 0 Å². The highest BCUT2D eigenvalue weighted by molar-refractivity contribution is 7.93. The minimum atomic E-state index is -3.91. The second kappa shape index (κ2) is 7.87. The summed E-state index contributed by atoms with van der Waals surface area (Å²) in [7, 11) is -3.91. The maximum Gasteiger partial charge on any atom is 0.328 e. The first-order valence-electron chi connectivity index (χ1n) is 9.35. The quantitative estimate of drug-likeness (QED) is 0.544. The Morgan fingerprint density at radius 1 is 0.964 bits per heavy atom. The lowest BCUT2D eigenvalue weighted by Gasteiger charge is -2.26. The lowest BCUT2D eigenvalue weighted by molar-refractivity contribution is -0.145. The molecule has 1 aliphatic carbocycles. The van der Waals surface area contributed by atoms with Gasteiger partial charge in [0.25, 0.3) is 0 Å². The second-order valence-electron chi connectivity index (χ2n) is 7.32. The highest BCUT2D eigenvalue weighted by Gasteiger charge is 2.54. The van der Waals surface area contributed by atoms with E-state index in [2.05, 4.69) is 0 Å². The third-order valence-corrected chi connectivity index (χ3v) is 8.01. The van der Waals surface area contributed by atoms with Crippen LogP contribution in [0.2, 0.25) is 0 Å². The third-order valence-electron chi connectivity index (χ3n) is 5.51. The number of ether oxygens (including phenoxy) is 1. The van der Waals surface area contributed by atoms with E-state index in [1.165, 1.54) is 12.1 Å². The van der Waals surface area contributed by atoms with Crippen LogP contribution in [0, 0.1) is 13.8 Å². The van der Waals surface area contributed by atoms with Gasteiger partial charge in [0, 0.05) is 5.56 Å². The fourth-order valence-electron chi connectivity index (χ4n) is 3.61. The summed E-state index contributed by atoms with van der Waals surface area (Å²) < 4.78 is 30.1. The summed E-state index contributed by atoms with van der Waals surface area (Å²) in [5, 5.41) is 0. The van der Waals surface area contributed by atoms with E-state index < -0.39 is 27.2 Å². The molecule has 148 valence electrons. The molecule has 0 bridgehead atoms. The predicted octanol–water partition coefficient (Wildman–Crippen LogP) is 3.82. The molecule has 0 spiro atoms. The average molecular weight is 400 g/mol. The summed E-state index contributed by atoms with van der Waals surface area (Å²) >= 11 is 0. The first-order valence-corrected chi connectivity index (χ1v) is 10.8. The van der Waals surface area contributed by atoms with Crippen LogP contribution in [0.15, 0.2) is 53.4 Å². The van der Waals surface area contributed by atoms with Crippen LogP contribution in [0.4, 0.5) is 0 Å². The van der Waals surface area contributed by atoms with Crippen molar-refractivity contribution in [3.8, 4) is 0 Å². The van der Waals surface area contributed by atoms with E-state index in [9.17, 15) is 18.0 Å². The number of hydrogen-bond acceptors (Lipinski definition) is 5. The van der Waals surface area contributed by atoms with Gasteiger partial charge in [-0.15, -0.1) is 0 Å². The molecule has 2 aromatic rings. The minimum absolute atomic E-state index is 0.106. The summed E-state index contributed by atoms with van der Waals surface area (Å²) in [6, 6.07) is 13.2. The number of hydrogen-bond donors (Lipinski definition) is 0. The van der Waals surface area contributed by atoms with E-state index in [1.54, 1.807) is 30.3 Å². The molecule has 0 saturated heterocycles. The van der Waals surface area contributed by atoms with Gasteiger partial charge in [-0.25, -0.2) is 8.42 Å². The Balaban J connectivity index is 1.80. The Hall–Kier alpha value is -2.47. The molecule has 6 heteroatoms. The van der Waals surface area contributed by atoms with Crippen LogP contribution in [0.5, 0.6) is 0 Å². The first-order chi connectivity index (χ1) is 13.3. The van der Waals surface area contributed by atoms with Crippen molar-refractivity contribution < 1.29 is 22.7 Å². The van der Waals surface area contributed by atoms with Crippen LogP contribution in [0.1, 0.15) is 47.2 Å². The predicted molar refractivity (Wildman–Crippen MR) is 106 cm³/mol. The number of ketones is 1. The van der Waals surface area contributed by atoms with Crippen molar-refractivity contribution in [1.29, 1.82) is 0 Å². The molecular weight excluding hydrogens is 376 g/mol. The van der Waals surface area contributed by atoms with Crippen LogP contribution in [0.25, 0.3) is 0 Å². The van der Waals surface area contributed by atoms with E-state index in [0.29, 0.717) is 18.4 Å². The van der Waals surface area contributed by atoms with Crippen LogP contribution < -0.4 is 0 Å². The molecule has 2 aromatic carbocycles. The van der Waals surface area contributed by atoms with Crippen molar-refractivity contribution >= 4 is 21.6 Å². The van der Waals surface area contributed by atoms with E-state index >= 15 is 0 Å². The fourth-order valence-corrected chi connectivity index (χ4v) is 5.69. The van der Waals surface area contributed by atoms with Crippen molar-refractivity contribution in [2.75, 3.05) is 6.61 Å². The van der Waals surface area contributed by atoms with Crippen molar-refractivity contribution in [3.05, 3.63) is 65.2 Å². The topological polar surface area (TPSA) is 77.5 Å². The summed E-state index contributed by atoms with van der Waals surface area (Å²) in [4.78, 5) is 25.4. The molecule has 0 aromatic heterocycles. The van der Waals surface area contributed by atoms with Crippen LogP contribution in [-0.2, 0) is 19.4 Å². The third kappa shape index (κ3) is 3.61. The van der Waals surface area contributed by atoms with E-state index in [1.807, 2.05) is 19.9 Å². The van der Waals surface area contributed by atoms with Crippen molar-refractivity contribution in [3.63, 3.8) is 0 Å². The van der Waals surface area contributed by atoms with Gasteiger partial charge in [0.2, 0.25) is 0 Å². The zero-order valence-electron chi connectivity index (χ0n) is 16.1. The standard InChI is InChI=1S/C22H24O5S/c1-16-10-11-18(14-17(16)2)20(23)15-27-21(24)22(12-6-7-13-22)28(25,26)19-8-4-3-5-9-19/h3-5,8-11,14H,6-7,12-13,15H2,1-2H3. The maximum atomic E-state index is 13.2. The lowest BCUT2D eigenvalue weighted by Crippen LogP contribution is -2.45. The van der Waals surface area contributed by atoms with Crippen LogP contribution in [-0.4, -0.2) is 31.5 Å². The minimum Gasteiger partial charge on any atom is -0.456 e. The SMILES string of the molecule is Cc1ccc(C(=O)COC(=O)C2(S(=O)(=O)c3ccccc3)CCCC2)cc1C. The summed E-state index contributed by atoms with van der Waals surface area (Å²) in [5.74, 6) is -1.17. The smallest absolute Gasteiger partial charge is 0.328 e. The molecule has 5 nitrogen and oxygen atoms in total. The van der Waals surface area contributed by atoms with E-state index in [-0.39, 0.29) is 23.5 Å². The van der Waals surface area contributed by atoms with Crippen molar-refractivity contribution in [2.45, 2.75) is 49.2 Å². The molecule has 0 unspecified atom stereocenters. The Labute approximate surface area is 165 Å². The van der Waals surface area contributed by atoms with Gasteiger partial charge in [0.15, 0.2) is 27.0 Å². The lowest BCUT2D eigenvalue weighted by atomic mass is 10.0. The van der Waals surface area contributed by atoms with Gasteiger partial charge in [-0.3, -0.25) is 9.59 Å². The van der Waals surface area contributed by atoms with Gasteiger partial charge < -0.3 is 4.74 Å². The number of carbonyl (C=O) groups is 2. The van der Waals surface area contributed by atoms with Crippen molar-refractivity contribution in [1.82, 2.24) is 0 Å². The molecular formula is C22H24O5S. The Morgan fingerprint density at radius 2 is 1.61 bits per heavy atom. The maximum absolute atomic E-state index is 13.2. The fraction of sp³-hybridized carbons (Fsp3) is 0.364. The second-order valence-corrected chi connectivity index (χ2v) is 9.58. The molecule has 0 atom stereocenters. The monoisotopic (exact) mass is 400 g/mol. The number of carbonyl (C=O) groups excluding carboxylic acids is 2. The molecule has 0 aliphatic heterocycles. The molecule has 3 rings (SSSR count). The molecule has 0 heterocycles. The highest BCUT2D eigenvalue weighted by Crippen LogP contribution is 2.41. The Bertz CT molecular complexity index is 987. The Morgan fingerprint density at radius 3 is 2.21 bits per heavy atom.